The number of ether oxygens (including phenoxy) is 1. The van der Waals surface area contributed by atoms with Crippen LogP contribution in [0.2, 0.25) is 0 Å². The van der Waals surface area contributed by atoms with Crippen LogP contribution >= 0.6 is 0 Å². The van der Waals surface area contributed by atoms with Gasteiger partial charge in [0.05, 0.1) is 6.61 Å². The number of carbonyl (C=O) groups excluding carboxylic acids is 1. The largest absolute Gasteiger partial charge is 0.383 e. The van der Waals surface area contributed by atoms with Gasteiger partial charge in [0.2, 0.25) is 5.91 Å². The van der Waals surface area contributed by atoms with Crippen molar-refractivity contribution < 1.29 is 9.53 Å². The summed E-state index contributed by atoms with van der Waals surface area (Å²) in [6, 6.07) is 0. The van der Waals surface area contributed by atoms with Gasteiger partial charge < -0.3 is 20.7 Å². The number of hydrogen-bond acceptors (Lipinski definition) is 4. The Kier molecular flexibility index (Phi) is 6.37. The predicted molar refractivity (Wildman–Crippen MR) is 63.1 cm³/mol. The molecule has 0 spiro atoms. The Morgan fingerprint density at radius 2 is 2.19 bits per heavy atom. The average Bonchev–Trinajstić information content (AvgIpc) is 2.30. The van der Waals surface area contributed by atoms with Crippen molar-refractivity contribution in [3.63, 3.8) is 0 Å². The fourth-order valence-corrected chi connectivity index (χ4v) is 2.02. The minimum absolute atomic E-state index is 0.171. The minimum atomic E-state index is 0.171. The van der Waals surface area contributed by atoms with Crippen LogP contribution in [0.1, 0.15) is 12.8 Å². The Bertz CT molecular complexity index is 203. The summed E-state index contributed by atoms with van der Waals surface area (Å²) in [5.74, 6) is 0.343. The number of piperidine rings is 1. The van der Waals surface area contributed by atoms with Gasteiger partial charge in [0.15, 0.2) is 0 Å². The molecule has 5 nitrogen and oxygen atoms in total. The molecule has 0 aromatic carbocycles. The van der Waals surface area contributed by atoms with Crippen LogP contribution in [0, 0.1) is 5.92 Å². The van der Waals surface area contributed by atoms with Crippen LogP contribution in [0.15, 0.2) is 0 Å². The number of amides is 1. The van der Waals surface area contributed by atoms with E-state index in [0.29, 0.717) is 19.7 Å². The minimum Gasteiger partial charge on any atom is -0.383 e. The zero-order valence-corrected chi connectivity index (χ0v) is 10.1. The quantitative estimate of drug-likeness (QED) is 0.598. The zero-order chi connectivity index (χ0) is 11.8. The van der Waals surface area contributed by atoms with Gasteiger partial charge in [-0.1, -0.05) is 0 Å². The van der Waals surface area contributed by atoms with E-state index in [0.717, 1.165) is 32.5 Å². The van der Waals surface area contributed by atoms with Gasteiger partial charge in [-0.05, 0) is 25.9 Å². The molecule has 5 heteroatoms. The fraction of sp³-hybridized carbons (Fsp3) is 0.909. The number of methoxy groups -OCH3 is 1. The van der Waals surface area contributed by atoms with Gasteiger partial charge >= 0.3 is 0 Å². The number of nitrogens with zero attached hydrogens (tertiary/aromatic N) is 1. The summed E-state index contributed by atoms with van der Waals surface area (Å²) < 4.78 is 4.89. The second-order valence-electron chi connectivity index (χ2n) is 4.19. The molecular formula is C11H23N3O2. The van der Waals surface area contributed by atoms with Crippen LogP contribution in [-0.4, -0.2) is 57.2 Å². The van der Waals surface area contributed by atoms with Crippen molar-refractivity contribution in [2.75, 3.05) is 46.4 Å². The summed E-state index contributed by atoms with van der Waals surface area (Å²) in [4.78, 5) is 14.0. The van der Waals surface area contributed by atoms with Crippen molar-refractivity contribution in [2.24, 2.45) is 11.7 Å². The molecule has 1 rings (SSSR count). The Morgan fingerprint density at radius 3 is 2.75 bits per heavy atom. The molecule has 1 fully saturated rings. The Labute approximate surface area is 97.3 Å². The molecule has 1 aliphatic rings. The average molecular weight is 229 g/mol. The number of nitrogens with one attached hydrogen (secondary N) is 1. The van der Waals surface area contributed by atoms with E-state index < -0.39 is 0 Å². The van der Waals surface area contributed by atoms with Gasteiger partial charge in [0.1, 0.15) is 0 Å². The van der Waals surface area contributed by atoms with E-state index in [9.17, 15) is 4.79 Å². The van der Waals surface area contributed by atoms with E-state index in [1.807, 2.05) is 0 Å². The van der Waals surface area contributed by atoms with E-state index in [2.05, 4.69) is 10.2 Å². The van der Waals surface area contributed by atoms with Gasteiger partial charge in [-0.2, -0.15) is 0 Å². The van der Waals surface area contributed by atoms with Crippen LogP contribution in [0.4, 0.5) is 0 Å². The van der Waals surface area contributed by atoms with Gasteiger partial charge in [-0.25, -0.2) is 0 Å². The summed E-state index contributed by atoms with van der Waals surface area (Å²) in [5.41, 5.74) is 5.50. The lowest BCUT2D eigenvalue weighted by Gasteiger charge is -2.30. The molecular weight excluding hydrogens is 206 g/mol. The molecule has 0 aromatic rings. The highest BCUT2D eigenvalue weighted by atomic mass is 16.5. The Balaban J connectivity index is 2.17. The molecule has 94 valence electrons. The highest BCUT2D eigenvalue weighted by Crippen LogP contribution is 2.16. The van der Waals surface area contributed by atoms with Crippen molar-refractivity contribution in [2.45, 2.75) is 12.8 Å². The summed E-state index contributed by atoms with van der Waals surface area (Å²) in [5, 5.41) is 2.89. The summed E-state index contributed by atoms with van der Waals surface area (Å²) in [7, 11) is 1.64. The smallest absolute Gasteiger partial charge is 0.223 e. The summed E-state index contributed by atoms with van der Waals surface area (Å²) in [6.07, 6.45) is 1.89. The lowest BCUT2D eigenvalue weighted by Crippen LogP contribution is -2.42. The second-order valence-corrected chi connectivity index (χ2v) is 4.19. The van der Waals surface area contributed by atoms with Crippen molar-refractivity contribution >= 4 is 5.91 Å². The number of likely N-dealkylation sites (tertiary alicyclic amines) is 1. The Morgan fingerprint density at radius 1 is 1.50 bits per heavy atom. The molecule has 3 N–H and O–H groups in total. The summed E-state index contributed by atoms with van der Waals surface area (Å²) in [6.45, 7) is 4.80. The SMILES string of the molecule is COCCNC(=O)C1CCN(CCN)CC1. The van der Waals surface area contributed by atoms with Crippen molar-refractivity contribution in [1.29, 1.82) is 0 Å². The molecule has 0 atom stereocenters. The van der Waals surface area contributed by atoms with Crippen molar-refractivity contribution in [3.8, 4) is 0 Å². The molecule has 0 aliphatic carbocycles. The van der Waals surface area contributed by atoms with Crippen LogP contribution < -0.4 is 11.1 Å². The third-order valence-electron chi connectivity index (χ3n) is 3.01. The third-order valence-corrected chi connectivity index (χ3v) is 3.01. The molecule has 0 saturated carbocycles. The van der Waals surface area contributed by atoms with E-state index in [1.54, 1.807) is 7.11 Å². The topological polar surface area (TPSA) is 67.6 Å². The van der Waals surface area contributed by atoms with Gasteiger partial charge in [0.25, 0.3) is 0 Å². The lowest BCUT2D eigenvalue weighted by atomic mass is 9.96. The first-order valence-electron chi connectivity index (χ1n) is 5.97. The van der Waals surface area contributed by atoms with Gasteiger partial charge in [0, 0.05) is 32.7 Å². The van der Waals surface area contributed by atoms with E-state index in [4.69, 9.17) is 10.5 Å². The highest BCUT2D eigenvalue weighted by molar-refractivity contribution is 5.78. The lowest BCUT2D eigenvalue weighted by molar-refractivity contribution is -0.126. The number of hydrogen-bond donors (Lipinski definition) is 2. The molecule has 1 heterocycles. The van der Waals surface area contributed by atoms with Crippen LogP contribution in [-0.2, 0) is 9.53 Å². The zero-order valence-electron chi connectivity index (χ0n) is 10.1. The first-order valence-corrected chi connectivity index (χ1v) is 5.97. The molecule has 0 bridgehead atoms. The maximum absolute atomic E-state index is 11.7. The molecule has 16 heavy (non-hydrogen) atoms. The molecule has 0 aromatic heterocycles. The van der Waals surface area contributed by atoms with Crippen LogP contribution in [0.25, 0.3) is 0 Å². The van der Waals surface area contributed by atoms with Gasteiger partial charge in [-0.3, -0.25) is 4.79 Å². The maximum Gasteiger partial charge on any atom is 0.223 e. The van der Waals surface area contributed by atoms with Crippen LogP contribution in [0.5, 0.6) is 0 Å². The van der Waals surface area contributed by atoms with Crippen LogP contribution in [0.3, 0.4) is 0 Å². The Hall–Kier alpha value is -0.650. The van der Waals surface area contributed by atoms with E-state index in [-0.39, 0.29) is 11.8 Å². The number of nitrogens with two attached hydrogens (primary N) is 1. The molecule has 0 radical (unpaired) electrons. The number of carbonyl (C=O) groups is 1. The monoisotopic (exact) mass is 229 g/mol. The fourth-order valence-electron chi connectivity index (χ4n) is 2.02. The van der Waals surface area contributed by atoms with Crippen molar-refractivity contribution in [1.82, 2.24) is 10.2 Å². The highest BCUT2D eigenvalue weighted by Gasteiger charge is 2.23. The predicted octanol–water partition coefficient (Wildman–Crippen LogP) is -0.580. The summed E-state index contributed by atoms with van der Waals surface area (Å²) >= 11 is 0. The molecule has 1 amide bonds. The standard InChI is InChI=1S/C11H23N3O2/c1-16-9-5-13-11(15)10-2-6-14(7-3-10)8-4-12/h10H,2-9,12H2,1H3,(H,13,15). The number of rotatable bonds is 6. The van der Waals surface area contributed by atoms with E-state index in [1.165, 1.54) is 0 Å². The molecule has 1 saturated heterocycles. The third kappa shape index (κ3) is 4.47. The molecule has 1 aliphatic heterocycles. The van der Waals surface area contributed by atoms with Gasteiger partial charge in [-0.15, -0.1) is 0 Å². The first kappa shape index (κ1) is 13.4. The first-order chi connectivity index (χ1) is 7.77. The van der Waals surface area contributed by atoms with E-state index >= 15 is 0 Å². The van der Waals surface area contributed by atoms with Crippen molar-refractivity contribution in [3.05, 3.63) is 0 Å². The molecule has 0 unspecified atom stereocenters. The normalized spacial score (nSPS) is 18.6. The second kappa shape index (κ2) is 7.60. The maximum atomic E-state index is 11.7.